The molecular formula is C16H17N3O2S2. The number of thioether (sulfide) groups is 1. The Bertz CT molecular complexity index is 747. The summed E-state index contributed by atoms with van der Waals surface area (Å²) in [6.45, 7) is 1.93. The molecule has 7 heteroatoms. The zero-order valence-electron chi connectivity index (χ0n) is 12.7. The lowest BCUT2D eigenvalue weighted by molar-refractivity contribution is -0.122. The van der Waals surface area contributed by atoms with Crippen LogP contribution < -0.4 is 10.1 Å². The number of benzene rings is 1. The quantitative estimate of drug-likeness (QED) is 0.905. The molecule has 2 aliphatic rings. The number of fused-ring (bicyclic) bond motifs is 2. The number of aromatic nitrogens is 1. The van der Waals surface area contributed by atoms with Crippen molar-refractivity contribution in [1.29, 1.82) is 0 Å². The first-order valence-electron chi connectivity index (χ1n) is 7.55. The Morgan fingerprint density at radius 3 is 3.22 bits per heavy atom. The highest BCUT2D eigenvalue weighted by atomic mass is 32.2. The van der Waals surface area contributed by atoms with Crippen LogP contribution in [0, 0.1) is 0 Å². The van der Waals surface area contributed by atoms with Crippen LogP contribution in [0.25, 0.3) is 0 Å². The largest absolute Gasteiger partial charge is 0.479 e. The Hall–Kier alpha value is -1.57. The van der Waals surface area contributed by atoms with Crippen LogP contribution in [0.3, 0.4) is 0 Å². The highest BCUT2D eigenvalue weighted by Crippen LogP contribution is 2.35. The molecule has 0 radical (unpaired) electrons. The van der Waals surface area contributed by atoms with E-state index in [0.29, 0.717) is 10.9 Å². The van der Waals surface area contributed by atoms with Gasteiger partial charge >= 0.3 is 0 Å². The minimum atomic E-state index is -0.474. The summed E-state index contributed by atoms with van der Waals surface area (Å²) in [5, 5.41) is 3.61. The number of rotatable bonds is 2. The minimum absolute atomic E-state index is 0.119. The number of carbonyl (C=O) groups excluding carboxylic acids is 1. The molecule has 2 aromatic rings. The van der Waals surface area contributed by atoms with E-state index in [0.717, 1.165) is 35.8 Å². The van der Waals surface area contributed by atoms with Crippen molar-refractivity contribution in [1.82, 2.24) is 9.88 Å². The van der Waals surface area contributed by atoms with Crippen LogP contribution in [0.15, 0.2) is 29.2 Å². The van der Waals surface area contributed by atoms with Crippen LogP contribution in [-0.4, -0.2) is 41.2 Å². The third kappa shape index (κ3) is 3.08. The van der Waals surface area contributed by atoms with E-state index in [2.05, 4.69) is 22.2 Å². The molecule has 0 fully saturated rings. The van der Waals surface area contributed by atoms with Gasteiger partial charge in [-0.05, 0) is 19.2 Å². The smallest absolute Gasteiger partial charge is 0.268 e. The van der Waals surface area contributed by atoms with Crippen molar-refractivity contribution in [2.45, 2.75) is 24.0 Å². The van der Waals surface area contributed by atoms with Crippen molar-refractivity contribution in [2.24, 2.45) is 0 Å². The molecule has 3 heterocycles. The number of hydrogen-bond donors (Lipinski definition) is 1. The van der Waals surface area contributed by atoms with Gasteiger partial charge in [-0.15, -0.1) is 23.1 Å². The summed E-state index contributed by atoms with van der Waals surface area (Å²) in [4.78, 5) is 21.6. The van der Waals surface area contributed by atoms with E-state index in [1.54, 1.807) is 23.1 Å². The number of likely N-dealkylation sites (N-methyl/N-ethyl adjacent to an activating group) is 1. The van der Waals surface area contributed by atoms with Crippen LogP contribution >= 0.6 is 23.1 Å². The normalized spacial score (nSPS) is 20.3. The molecule has 0 spiro atoms. The van der Waals surface area contributed by atoms with E-state index in [1.165, 1.54) is 4.88 Å². The van der Waals surface area contributed by atoms with Gasteiger partial charge in [0, 0.05) is 35.0 Å². The van der Waals surface area contributed by atoms with Crippen molar-refractivity contribution in [3.63, 3.8) is 0 Å². The average molecular weight is 347 g/mol. The molecule has 23 heavy (non-hydrogen) atoms. The first-order valence-corrected chi connectivity index (χ1v) is 9.36. The van der Waals surface area contributed by atoms with Crippen molar-refractivity contribution in [2.75, 3.05) is 24.7 Å². The first kappa shape index (κ1) is 15.0. The van der Waals surface area contributed by atoms with Gasteiger partial charge in [-0.3, -0.25) is 10.1 Å². The van der Waals surface area contributed by atoms with E-state index in [4.69, 9.17) is 4.74 Å². The van der Waals surface area contributed by atoms with Gasteiger partial charge in [0.15, 0.2) is 11.2 Å². The van der Waals surface area contributed by atoms with Gasteiger partial charge < -0.3 is 9.64 Å². The van der Waals surface area contributed by atoms with Gasteiger partial charge in [0.05, 0.1) is 5.69 Å². The number of amides is 1. The third-order valence-corrected chi connectivity index (χ3v) is 6.07. The van der Waals surface area contributed by atoms with E-state index in [-0.39, 0.29) is 5.91 Å². The van der Waals surface area contributed by atoms with Crippen LogP contribution in [0.5, 0.6) is 5.75 Å². The third-order valence-electron chi connectivity index (χ3n) is 3.95. The van der Waals surface area contributed by atoms with E-state index in [9.17, 15) is 4.79 Å². The number of nitrogens with zero attached hydrogens (tertiary/aromatic N) is 2. The molecule has 0 bridgehead atoms. The van der Waals surface area contributed by atoms with Crippen molar-refractivity contribution in [3.05, 3.63) is 34.8 Å². The average Bonchev–Trinajstić information content (AvgIpc) is 2.95. The molecule has 120 valence electrons. The molecule has 4 rings (SSSR count). The number of carbonyl (C=O) groups is 1. The molecule has 2 aliphatic heterocycles. The van der Waals surface area contributed by atoms with Gasteiger partial charge in [-0.2, -0.15) is 0 Å². The fourth-order valence-electron chi connectivity index (χ4n) is 2.71. The summed E-state index contributed by atoms with van der Waals surface area (Å²) < 4.78 is 5.82. The molecule has 0 saturated carbocycles. The molecule has 0 unspecified atom stereocenters. The maximum Gasteiger partial charge on any atom is 0.268 e. The van der Waals surface area contributed by atoms with Crippen molar-refractivity contribution < 1.29 is 9.53 Å². The lowest BCUT2D eigenvalue weighted by Gasteiger charge is -2.24. The van der Waals surface area contributed by atoms with Gasteiger partial charge in [-0.1, -0.05) is 12.1 Å². The summed E-state index contributed by atoms with van der Waals surface area (Å²) in [5.74, 6) is 1.28. The minimum Gasteiger partial charge on any atom is -0.479 e. The molecule has 1 atom stereocenters. The fraction of sp³-hybridized carbons (Fsp3) is 0.375. The molecular weight excluding hydrogens is 330 g/mol. The van der Waals surface area contributed by atoms with Crippen LogP contribution in [0.1, 0.15) is 10.6 Å². The maximum atomic E-state index is 12.5. The van der Waals surface area contributed by atoms with Gasteiger partial charge in [0.25, 0.3) is 5.91 Å². The van der Waals surface area contributed by atoms with Crippen LogP contribution in [0.2, 0.25) is 0 Å². The van der Waals surface area contributed by atoms with Crippen molar-refractivity contribution in [3.8, 4) is 5.75 Å². The van der Waals surface area contributed by atoms with Gasteiger partial charge in [0.1, 0.15) is 5.75 Å². The highest BCUT2D eigenvalue weighted by Gasteiger charge is 2.28. The summed E-state index contributed by atoms with van der Waals surface area (Å²) in [6, 6.07) is 7.82. The number of anilines is 1. The van der Waals surface area contributed by atoms with Crippen LogP contribution in [-0.2, 0) is 17.8 Å². The highest BCUT2D eigenvalue weighted by molar-refractivity contribution is 7.99. The summed E-state index contributed by atoms with van der Waals surface area (Å²) in [7, 11) is 2.10. The second-order valence-electron chi connectivity index (χ2n) is 5.73. The molecule has 1 aromatic carbocycles. The second kappa shape index (κ2) is 6.14. The topological polar surface area (TPSA) is 54.5 Å². The predicted molar refractivity (Wildman–Crippen MR) is 92.4 cm³/mol. The van der Waals surface area contributed by atoms with Gasteiger partial charge in [0.2, 0.25) is 0 Å². The predicted octanol–water partition coefficient (Wildman–Crippen LogP) is 2.62. The number of nitrogens with one attached hydrogen (secondary N) is 1. The molecule has 1 N–H and O–H groups in total. The molecule has 0 saturated heterocycles. The van der Waals surface area contributed by atoms with Crippen molar-refractivity contribution >= 4 is 34.1 Å². The standard InChI is InChI=1S/C16H17N3O2S2/c1-19-7-6-10-14(8-19)23-16(17-10)18-15(20)12-9-22-13-5-3-2-4-11(13)21-12/h2-5,12H,6-9H2,1H3,(H,17,18,20)/t12-/m1/s1. The summed E-state index contributed by atoms with van der Waals surface area (Å²) >= 11 is 3.22. The lowest BCUT2D eigenvalue weighted by atomic mass is 10.2. The van der Waals surface area contributed by atoms with E-state index >= 15 is 0 Å². The zero-order valence-corrected chi connectivity index (χ0v) is 14.4. The molecule has 1 amide bonds. The molecule has 0 aliphatic carbocycles. The Morgan fingerprint density at radius 2 is 2.30 bits per heavy atom. The Kier molecular flexibility index (Phi) is 4.00. The monoisotopic (exact) mass is 347 g/mol. The molecule has 5 nitrogen and oxygen atoms in total. The first-order chi connectivity index (χ1) is 11.2. The SMILES string of the molecule is CN1CCc2nc(NC(=O)[C@H]3CSc4ccccc4O3)sc2C1. The Balaban J connectivity index is 1.45. The maximum absolute atomic E-state index is 12.5. The number of hydrogen-bond acceptors (Lipinski definition) is 6. The second-order valence-corrected chi connectivity index (χ2v) is 7.88. The molecule has 1 aromatic heterocycles. The fourth-order valence-corrected chi connectivity index (χ4v) is 4.79. The Labute approximate surface area is 143 Å². The number of para-hydroxylation sites is 1. The Morgan fingerprint density at radius 1 is 1.43 bits per heavy atom. The number of thiazole rings is 1. The van der Waals surface area contributed by atoms with E-state index < -0.39 is 6.10 Å². The summed E-state index contributed by atoms with van der Waals surface area (Å²) in [5.41, 5.74) is 1.12. The summed E-state index contributed by atoms with van der Waals surface area (Å²) in [6.07, 6.45) is 0.472. The zero-order chi connectivity index (χ0) is 15.8. The van der Waals surface area contributed by atoms with Crippen LogP contribution in [0.4, 0.5) is 5.13 Å². The van der Waals surface area contributed by atoms with Gasteiger partial charge in [-0.25, -0.2) is 4.98 Å². The van der Waals surface area contributed by atoms with E-state index in [1.807, 2.05) is 24.3 Å². The lowest BCUT2D eigenvalue weighted by Crippen LogP contribution is -2.36. The number of ether oxygens (including phenoxy) is 1.